The Kier molecular flexibility index (Phi) is 3.93. The Morgan fingerprint density at radius 2 is 2.21 bits per heavy atom. The zero-order valence-electron chi connectivity index (χ0n) is 10.7. The number of rotatable bonds is 3. The van der Waals surface area contributed by atoms with Gasteiger partial charge in [-0.15, -0.1) is 0 Å². The number of hydrogen-bond donors (Lipinski definition) is 1. The van der Waals surface area contributed by atoms with E-state index < -0.39 is 0 Å². The second-order valence-electron chi connectivity index (χ2n) is 5.00. The number of benzene rings is 1. The summed E-state index contributed by atoms with van der Waals surface area (Å²) in [6, 6.07) is 3.81. The Morgan fingerprint density at radius 1 is 1.32 bits per heavy atom. The lowest BCUT2D eigenvalue weighted by molar-refractivity contribution is -0.0967. The molecular weight excluding hydrogens is 266 g/mol. The minimum atomic E-state index is -0.105. The fourth-order valence-electron chi connectivity index (χ4n) is 2.64. The lowest BCUT2D eigenvalue weighted by Crippen LogP contribution is -2.44. The van der Waals surface area contributed by atoms with Crippen LogP contribution in [0.4, 0.5) is 0 Å². The van der Waals surface area contributed by atoms with E-state index in [-0.39, 0.29) is 12.1 Å². The molecule has 5 heteroatoms. The molecule has 0 amide bonds. The first-order chi connectivity index (χ1) is 9.24. The van der Waals surface area contributed by atoms with Crippen molar-refractivity contribution in [3.05, 3.63) is 28.3 Å². The Hall–Kier alpha value is -0.810. The Balaban J connectivity index is 1.75. The van der Waals surface area contributed by atoms with Gasteiger partial charge in [-0.1, -0.05) is 11.6 Å². The molecule has 2 heterocycles. The summed E-state index contributed by atoms with van der Waals surface area (Å²) in [5.41, 5.74) is 8.47. The quantitative estimate of drug-likeness (QED) is 0.915. The van der Waals surface area contributed by atoms with E-state index in [0.29, 0.717) is 26.2 Å². The van der Waals surface area contributed by atoms with Gasteiger partial charge in [0.1, 0.15) is 5.75 Å². The topological polar surface area (TPSA) is 53.7 Å². The smallest absolute Gasteiger partial charge is 0.125 e. The fourth-order valence-corrected chi connectivity index (χ4v) is 2.90. The SMILES string of the molecule is NC(Cc1cc(Cl)cc2c1OCC2)C1COCCO1. The monoisotopic (exact) mass is 283 g/mol. The van der Waals surface area contributed by atoms with E-state index in [4.69, 9.17) is 31.5 Å². The van der Waals surface area contributed by atoms with Gasteiger partial charge in [0.05, 0.1) is 32.5 Å². The van der Waals surface area contributed by atoms with E-state index in [0.717, 1.165) is 29.4 Å². The van der Waals surface area contributed by atoms with Gasteiger partial charge >= 0.3 is 0 Å². The maximum atomic E-state index is 6.22. The number of fused-ring (bicyclic) bond motifs is 1. The van der Waals surface area contributed by atoms with Crippen molar-refractivity contribution in [2.75, 3.05) is 26.4 Å². The number of hydrogen-bond acceptors (Lipinski definition) is 4. The fraction of sp³-hybridized carbons (Fsp3) is 0.571. The van der Waals surface area contributed by atoms with E-state index >= 15 is 0 Å². The van der Waals surface area contributed by atoms with Crippen LogP contribution >= 0.6 is 11.6 Å². The van der Waals surface area contributed by atoms with Gasteiger partial charge < -0.3 is 19.9 Å². The molecule has 0 aromatic heterocycles. The van der Waals surface area contributed by atoms with Crippen molar-refractivity contribution in [2.45, 2.75) is 25.0 Å². The summed E-state index contributed by atoms with van der Waals surface area (Å²) >= 11 is 6.15. The summed E-state index contributed by atoms with van der Waals surface area (Å²) in [5, 5.41) is 0.743. The molecule has 0 radical (unpaired) electrons. The van der Waals surface area contributed by atoms with Gasteiger partial charge in [-0.2, -0.15) is 0 Å². The zero-order valence-corrected chi connectivity index (χ0v) is 11.5. The molecule has 1 saturated heterocycles. The summed E-state index contributed by atoms with van der Waals surface area (Å²) in [4.78, 5) is 0. The first-order valence-corrected chi connectivity index (χ1v) is 7.01. The van der Waals surface area contributed by atoms with Crippen molar-refractivity contribution in [2.24, 2.45) is 5.73 Å². The normalized spacial score (nSPS) is 23.8. The van der Waals surface area contributed by atoms with E-state index in [1.165, 1.54) is 5.56 Å². The number of halogens is 1. The van der Waals surface area contributed by atoms with Crippen LogP contribution in [0.1, 0.15) is 11.1 Å². The van der Waals surface area contributed by atoms with Crippen LogP contribution in [0.2, 0.25) is 5.02 Å². The third kappa shape index (κ3) is 2.87. The average molecular weight is 284 g/mol. The van der Waals surface area contributed by atoms with Gasteiger partial charge in [0, 0.05) is 17.5 Å². The summed E-state index contributed by atoms with van der Waals surface area (Å²) < 4.78 is 16.7. The van der Waals surface area contributed by atoms with Gasteiger partial charge in [-0.3, -0.25) is 0 Å². The molecule has 0 bridgehead atoms. The second-order valence-corrected chi connectivity index (χ2v) is 5.44. The highest BCUT2D eigenvalue weighted by Gasteiger charge is 2.25. The van der Waals surface area contributed by atoms with Crippen molar-refractivity contribution in [1.82, 2.24) is 0 Å². The van der Waals surface area contributed by atoms with Crippen molar-refractivity contribution < 1.29 is 14.2 Å². The lowest BCUT2D eigenvalue weighted by Gasteiger charge is -2.28. The summed E-state index contributed by atoms with van der Waals surface area (Å²) in [6.07, 6.45) is 1.56. The van der Waals surface area contributed by atoms with Gasteiger partial charge in [-0.05, 0) is 29.7 Å². The van der Waals surface area contributed by atoms with Crippen molar-refractivity contribution in [1.29, 1.82) is 0 Å². The van der Waals surface area contributed by atoms with Crippen LogP contribution in [0.25, 0.3) is 0 Å². The molecule has 104 valence electrons. The lowest BCUT2D eigenvalue weighted by atomic mass is 9.99. The Morgan fingerprint density at radius 3 is 3.00 bits per heavy atom. The molecule has 1 fully saturated rings. The van der Waals surface area contributed by atoms with Crippen LogP contribution in [-0.2, 0) is 22.3 Å². The second kappa shape index (κ2) is 5.67. The number of ether oxygens (including phenoxy) is 3. The van der Waals surface area contributed by atoms with Crippen molar-refractivity contribution >= 4 is 11.6 Å². The highest BCUT2D eigenvalue weighted by molar-refractivity contribution is 6.30. The largest absolute Gasteiger partial charge is 0.493 e. The highest BCUT2D eigenvalue weighted by Crippen LogP contribution is 2.33. The predicted octanol–water partition coefficient (Wildman–Crippen LogP) is 1.56. The molecule has 2 N–H and O–H groups in total. The average Bonchev–Trinajstić information content (AvgIpc) is 2.88. The third-order valence-corrected chi connectivity index (χ3v) is 3.82. The molecular formula is C14H18ClNO3. The molecule has 0 saturated carbocycles. The minimum Gasteiger partial charge on any atom is -0.493 e. The third-order valence-electron chi connectivity index (χ3n) is 3.60. The molecule has 2 atom stereocenters. The molecule has 3 rings (SSSR count). The van der Waals surface area contributed by atoms with Crippen LogP contribution in [0.5, 0.6) is 5.75 Å². The molecule has 2 aliphatic heterocycles. The van der Waals surface area contributed by atoms with Gasteiger partial charge in [0.2, 0.25) is 0 Å². The van der Waals surface area contributed by atoms with Crippen LogP contribution in [0, 0.1) is 0 Å². The first-order valence-electron chi connectivity index (χ1n) is 6.63. The maximum absolute atomic E-state index is 6.22. The van der Waals surface area contributed by atoms with E-state index in [1.54, 1.807) is 0 Å². The van der Waals surface area contributed by atoms with Gasteiger partial charge in [0.25, 0.3) is 0 Å². The van der Waals surface area contributed by atoms with E-state index in [9.17, 15) is 0 Å². The predicted molar refractivity (Wildman–Crippen MR) is 72.9 cm³/mol. The van der Waals surface area contributed by atoms with Crippen LogP contribution in [0.15, 0.2) is 12.1 Å². The molecule has 1 aromatic carbocycles. The Labute approximate surface area is 117 Å². The molecule has 2 aliphatic rings. The number of nitrogens with two attached hydrogens (primary N) is 1. The minimum absolute atomic E-state index is 0.0511. The van der Waals surface area contributed by atoms with Gasteiger partial charge in [0.15, 0.2) is 0 Å². The van der Waals surface area contributed by atoms with Crippen LogP contribution in [-0.4, -0.2) is 38.6 Å². The standard InChI is InChI=1S/C14H18ClNO3/c15-11-5-9-1-2-19-14(9)10(6-11)7-12(16)13-8-17-3-4-18-13/h5-6,12-13H,1-4,7-8,16H2. The summed E-state index contributed by atoms with van der Waals surface area (Å²) in [6.45, 7) is 2.55. The summed E-state index contributed by atoms with van der Waals surface area (Å²) in [7, 11) is 0. The first kappa shape index (κ1) is 13.2. The van der Waals surface area contributed by atoms with E-state index in [1.807, 2.05) is 12.1 Å². The Bertz CT molecular complexity index is 460. The highest BCUT2D eigenvalue weighted by atomic mass is 35.5. The molecule has 19 heavy (non-hydrogen) atoms. The van der Waals surface area contributed by atoms with E-state index in [2.05, 4.69) is 0 Å². The van der Waals surface area contributed by atoms with Gasteiger partial charge in [-0.25, -0.2) is 0 Å². The molecule has 1 aromatic rings. The maximum Gasteiger partial charge on any atom is 0.125 e. The van der Waals surface area contributed by atoms with Crippen LogP contribution in [0.3, 0.4) is 0 Å². The zero-order chi connectivity index (χ0) is 13.2. The molecule has 2 unspecified atom stereocenters. The molecule has 0 aliphatic carbocycles. The van der Waals surface area contributed by atoms with Crippen LogP contribution < -0.4 is 10.5 Å². The molecule has 4 nitrogen and oxygen atoms in total. The van der Waals surface area contributed by atoms with Crippen molar-refractivity contribution in [3.8, 4) is 5.75 Å². The summed E-state index contributed by atoms with van der Waals surface area (Å²) in [5.74, 6) is 0.955. The molecule has 0 spiro atoms. The van der Waals surface area contributed by atoms with Crippen molar-refractivity contribution in [3.63, 3.8) is 0 Å².